The van der Waals surface area contributed by atoms with Gasteiger partial charge in [0, 0.05) is 6.07 Å². The van der Waals surface area contributed by atoms with Gasteiger partial charge in [-0.05, 0) is 0 Å². The first kappa shape index (κ1) is 13.0. The summed E-state index contributed by atoms with van der Waals surface area (Å²) in [6.07, 6.45) is 1.07. The Bertz CT molecular complexity index is 594. The van der Waals surface area contributed by atoms with E-state index in [1.807, 2.05) is 0 Å². The molecule has 0 aliphatic rings. The van der Waals surface area contributed by atoms with Crippen LogP contribution in [0.2, 0.25) is 0 Å². The molecule has 10 heteroatoms. The van der Waals surface area contributed by atoms with Gasteiger partial charge < -0.3 is 15.6 Å². The summed E-state index contributed by atoms with van der Waals surface area (Å²) in [6, 6.07) is 1.37. The Morgan fingerprint density at radius 2 is 2.37 bits per heavy atom. The number of nitrogens with one attached hydrogen (secondary N) is 1. The fourth-order valence-corrected chi connectivity index (χ4v) is 1.39. The van der Waals surface area contributed by atoms with Crippen molar-refractivity contribution in [3.63, 3.8) is 0 Å². The van der Waals surface area contributed by atoms with Gasteiger partial charge in [-0.15, -0.1) is 0 Å². The highest BCUT2D eigenvalue weighted by molar-refractivity contribution is 5.92. The minimum atomic E-state index is -2.89. The van der Waals surface area contributed by atoms with Gasteiger partial charge in [-0.1, -0.05) is 0 Å². The van der Waals surface area contributed by atoms with E-state index in [0.717, 1.165) is 10.9 Å². The van der Waals surface area contributed by atoms with E-state index >= 15 is 0 Å². The number of hydrogen-bond donors (Lipinski definition) is 3. The van der Waals surface area contributed by atoms with E-state index < -0.39 is 12.6 Å². The first-order valence-electron chi connectivity index (χ1n) is 5.00. The van der Waals surface area contributed by atoms with Crippen LogP contribution < -0.4 is 5.73 Å². The number of anilines is 1. The van der Waals surface area contributed by atoms with Crippen molar-refractivity contribution in [2.45, 2.75) is 13.2 Å². The number of H-pyrrole nitrogens is 1. The number of carboxylic acid groups (broad SMARTS) is 1. The van der Waals surface area contributed by atoms with E-state index in [1.165, 1.54) is 6.07 Å². The van der Waals surface area contributed by atoms with E-state index in [1.54, 1.807) is 0 Å². The van der Waals surface area contributed by atoms with Crippen LogP contribution in [0.4, 0.5) is 14.6 Å². The molecule has 0 radical (unpaired) electrons. The van der Waals surface area contributed by atoms with Gasteiger partial charge in [-0.2, -0.15) is 23.7 Å². The summed E-state index contributed by atoms with van der Waals surface area (Å²) >= 11 is 0. The Balaban J connectivity index is 2.21. The Kier molecular flexibility index (Phi) is 3.42. The summed E-state index contributed by atoms with van der Waals surface area (Å²) in [4.78, 5) is 10.8. The normalized spacial score (nSPS) is 11.1. The third-order valence-electron chi connectivity index (χ3n) is 2.24. The summed E-state index contributed by atoms with van der Waals surface area (Å²) in [5.74, 6) is -1.15. The average molecular weight is 273 g/mol. The highest BCUT2D eigenvalue weighted by Gasteiger charge is 2.16. The van der Waals surface area contributed by atoms with Crippen molar-refractivity contribution >= 4 is 11.8 Å². The highest BCUT2D eigenvalue weighted by Crippen LogP contribution is 2.16. The minimum absolute atomic E-state index is 0.111. The molecule has 8 nitrogen and oxygen atoms in total. The van der Waals surface area contributed by atoms with Crippen LogP contribution in [0.5, 0.6) is 0 Å². The molecule has 0 saturated carbocycles. The lowest BCUT2D eigenvalue weighted by Crippen LogP contribution is -2.05. The smallest absolute Gasteiger partial charge is 0.345 e. The second kappa shape index (κ2) is 5.02. The van der Waals surface area contributed by atoms with Crippen molar-refractivity contribution in [3.8, 4) is 5.82 Å². The molecule has 0 unspecified atom stereocenters. The fourth-order valence-electron chi connectivity index (χ4n) is 1.39. The zero-order valence-corrected chi connectivity index (χ0v) is 9.38. The number of alkyl halides is 2. The maximum absolute atomic E-state index is 11.8. The number of halogens is 2. The molecule has 2 heterocycles. The molecule has 0 bridgehead atoms. The van der Waals surface area contributed by atoms with Crippen LogP contribution in [0, 0.1) is 0 Å². The van der Waals surface area contributed by atoms with Crippen molar-refractivity contribution in [2.75, 3.05) is 5.73 Å². The third kappa shape index (κ3) is 2.68. The van der Waals surface area contributed by atoms with Crippen molar-refractivity contribution in [1.82, 2.24) is 20.0 Å². The number of hydrogen-bond acceptors (Lipinski definition) is 5. The second-order valence-corrected chi connectivity index (χ2v) is 3.48. The molecular weight excluding hydrogens is 264 g/mol. The molecule has 4 N–H and O–H groups in total. The Labute approximate surface area is 104 Å². The van der Waals surface area contributed by atoms with Crippen molar-refractivity contribution in [1.29, 1.82) is 0 Å². The second-order valence-electron chi connectivity index (χ2n) is 3.48. The first-order chi connectivity index (χ1) is 8.99. The number of aromatic nitrogens is 4. The number of rotatable bonds is 5. The number of nitrogen functional groups attached to an aromatic ring is 1. The van der Waals surface area contributed by atoms with Crippen LogP contribution in [0.25, 0.3) is 5.82 Å². The molecule has 0 amide bonds. The van der Waals surface area contributed by atoms with Gasteiger partial charge in [0.25, 0.3) is 0 Å². The van der Waals surface area contributed by atoms with Gasteiger partial charge in [0.15, 0.2) is 5.82 Å². The van der Waals surface area contributed by atoms with Crippen LogP contribution in [0.15, 0.2) is 12.3 Å². The molecule has 2 aromatic heterocycles. The number of aromatic carboxylic acids is 1. The lowest BCUT2D eigenvalue weighted by Gasteiger charge is -1.99. The number of aromatic amines is 1. The summed E-state index contributed by atoms with van der Waals surface area (Å²) < 4.78 is 28.9. The van der Waals surface area contributed by atoms with Gasteiger partial charge in [0.05, 0.1) is 18.5 Å². The monoisotopic (exact) mass is 273 g/mol. The SMILES string of the molecule is Nc1c(C(=O)O)cnn1-c1cc(COC(F)F)[nH]n1. The van der Waals surface area contributed by atoms with E-state index in [9.17, 15) is 13.6 Å². The predicted octanol–water partition coefficient (Wildman–Crippen LogP) is 0.615. The van der Waals surface area contributed by atoms with Crippen LogP contribution in [0.1, 0.15) is 16.1 Å². The van der Waals surface area contributed by atoms with Crippen molar-refractivity contribution in [2.24, 2.45) is 0 Å². The van der Waals surface area contributed by atoms with E-state index in [0.29, 0.717) is 0 Å². The van der Waals surface area contributed by atoms with E-state index in [-0.39, 0.29) is 29.5 Å². The quantitative estimate of drug-likeness (QED) is 0.734. The van der Waals surface area contributed by atoms with Gasteiger partial charge in [-0.25, -0.2) is 4.79 Å². The number of nitrogens with two attached hydrogens (primary N) is 1. The molecule has 102 valence electrons. The lowest BCUT2D eigenvalue weighted by molar-refractivity contribution is -0.137. The van der Waals surface area contributed by atoms with E-state index in [2.05, 4.69) is 20.0 Å². The number of carboxylic acids is 1. The zero-order valence-electron chi connectivity index (χ0n) is 9.38. The van der Waals surface area contributed by atoms with Crippen LogP contribution in [0.3, 0.4) is 0 Å². The minimum Gasteiger partial charge on any atom is -0.477 e. The summed E-state index contributed by atoms with van der Waals surface area (Å²) in [7, 11) is 0. The standard InChI is InChI=1S/C9H9F2N5O3/c10-9(11)19-3-4-1-6(15-14-4)16-7(12)5(2-13-16)8(17)18/h1-2,9H,3,12H2,(H,14,15)(H,17,18). The Hall–Kier alpha value is -2.49. The molecule has 0 spiro atoms. The number of ether oxygens (including phenoxy) is 1. The summed E-state index contributed by atoms with van der Waals surface area (Å²) in [5.41, 5.74) is 5.69. The molecule has 0 aliphatic heterocycles. The molecule has 2 aromatic rings. The predicted molar refractivity (Wildman–Crippen MR) is 57.9 cm³/mol. The van der Waals surface area contributed by atoms with Gasteiger partial charge >= 0.3 is 12.6 Å². The van der Waals surface area contributed by atoms with Gasteiger partial charge in [0.1, 0.15) is 11.4 Å². The highest BCUT2D eigenvalue weighted by atomic mass is 19.3. The Morgan fingerprint density at radius 1 is 1.63 bits per heavy atom. The molecule has 0 atom stereocenters. The molecule has 2 rings (SSSR count). The molecule has 0 saturated heterocycles. The van der Waals surface area contributed by atoms with Gasteiger partial charge in [-0.3, -0.25) is 5.10 Å². The maximum Gasteiger partial charge on any atom is 0.345 e. The number of nitrogens with zero attached hydrogens (tertiary/aromatic N) is 3. The van der Waals surface area contributed by atoms with Crippen LogP contribution in [-0.4, -0.2) is 37.7 Å². The average Bonchev–Trinajstić information content (AvgIpc) is 2.92. The lowest BCUT2D eigenvalue weighted by atomic mass is 10.3. The van der Waals surface area contributed by atoms with E-state index in [4.69, 9.17) is 10.8 Å². The summed E-state index contributed by atoms with van der Waals surface area (Å²) in [6.45, 7) is -3.25. The molecule has 0 fully saturated rings. The van der Waals surface area contributed by atoms with Crippen molar-refractivity contribution < 1.29 is 23.4 Å². The first-order valence-corrected chi connectivity index (χ1v) is 5.00. The van der Waals surface area contributed by atoms with Crippen LogP contribution in [-0.2, 0) is 11.3 Å². The van der Waals surface area contributed by atoms with Crippen molar-refractivity contribution in [3.05, 3.63) is 23.5 Å². The fraction of sp³-hybridized carbons (Fsp3) is 0.222. The molecule has 19 heavy (non-hydrogen) atoms. The largest absolute Gasteiger partial charge is 0.477 e. The summed E-state index contributed by atoms with van der Waals surface area (Å²) in [5, 5.41) is 18.8. The maximum atomic E-state index is 11.8. The van der Waals surface area contributed by atoms with Gasteiger partial charge in [0.2, 0.25) is 0 Å². The topological polar surface area (TPSA) is 119 Å². The molecular formula is C9H9F2N5O3. The zero-order chi connectivity index (χ0) is 14.0. The molecule has 0 aliphatic carbocycles. The molecule has 0 aromatic carbocycles. The third-order valence-corrected chi connectivity index (χ3v) is 2.24. The Morgan fingerprint density at radius 3 is 2.95 bits per heavy atom. The number of carbonyl (C=O) groups is 1. The van der Waals surface area contributed by atoms with Crippen LogP contribution >= 0.6 is 0 Å².